The van der Waals surface area contributed by atoms with Crippen LogP contribution < -0.4 is 4.74 Å². The van der Waals surface area contributed by atoms with Crippen LogP contribution in [0.5, 0.6) is 5.75 Å². The Kier molecular flexibility index (Phi) is 5.66. The van der Waals surface area contributed by atoms with E-state index in [4.69, 9.17) is 4.74 Å². The van der Waals surface area contributed by atoms with Gasteiger partial charge in [-0.2, -0.15) is 11.8 Å². The van der Waals surface area contributed by atoms with E-state index in [-0.39, 0.29) is 17.7 Å². The number of benzene rings is 1. The van der Waals surface area contributed by atoms with Crippen molar-refractivity contribution in [2.45, 2.75) is 12.8 Å². The highest BCUT2D eigenvalue weighted by molar-refractivity contribution is 7.99. The lowest BCUT2D eigenvalue weighted by molar-refractivity contribution is -0.136. The minimum Gasteiger partial charge on any atom is -0.497 e. The maximum Gasteiger partial charge on any atom is 0.253 e. The van der Waals surface area contributed by atoms with Crippen molar-refractivity contribution in [3.8, 4) is 5.75 Å². The largest absolute Gasteiger partial charge is 0.497 e. The smallest absolute Gasteiger partial charge is 0.253 e. The number of ether oxygens (including phenoxy) is 1. The molecule has 3 rings (SSSR count). The van der Waals surface area contributed by atoms with Gasteiger partial charge >= 0.3 is 0 Å². The molecule has 2 aliphatic heterocycles. The molecule has 0 aliphatic carbocycles. The lowest BCUT2D eigenvalue weighted by Gasteiger charge is -2.35. The van der Waals surface area contributed by atoms with E-state index in [1.54, 1.807) is 31.4 Å². The molecule has 24 heavy (non-hydrogen) atoms. The molecule has 0 aromatic heterocycles. The highest BCUT2D eigenvalue weighted by Crippen LogP contribution is 2.23. The third-order valence-corrected chi connectivity index (χ3v) is 5.73. The number of rotatable bonds is 3. The summed E-state index contributed by atoms with van der Waals surface area (Å²) in [7, 11) is 1.61. The highest BCUT2D eigenvalue weighted by atomic mass is 32.2. The van der Waals surface area contributed by atoms with E-state index in [0.29, 0.717) is 18.7 Å². The van der Waals surface area contributed by atoms with Gasteiger partial charge in [-0.05, 0) is 37.1 Å². The Morgan fingerprint density at radius 2 is 1.62 bits per heavy atom. The number of thioether (sulfide) groups is 1. The first-order valence-corrected chi connectivity index (χ1v) is 9.64. The average Bonchev–Trinajstić information content (AvgIpc) is 2.68. The number of hydrogen-bond acceptors (Lipinski definition) is 4. The van der Waals surface area contributed by atoms with Crippen molar-refractivity contribution in [3.63, 3.8) is 0 Å². The van der Waals surface area contributed by atoms with E-state index in [2.05, 4.69) is 0 Å². The Morgan fingerprint density at radius 3 is 2.21 bits per heavy atom. The van der Waals surface area contributed by atoms with Gasteiger partial charge in [0.15, 0.2) is 0 Å². The molecule has 0 atom stereocenters. The molecule has 0 bridgehead atoms. The van der Waals surface area contributed by atoms with Crippen LogP contribution in [-0.4, -0.2) is 66.4 Å². The first kappa shape index (κ1) is 17.1. The highest BCUT2D eigenvalue weighted by Gasteiger charge is 2.31. The number of carbonyl (C=O) groups is 2. The molecule has 130 valence electrons. The number of hydrogen-bond donors (Lipinski definition) is 0. The van der Waals surface area contributed by atoms with Crippen molar-refractivity contribution in [2.24, 2.45) is 5.92 Å². The molecule has 1 aromatic carbocycles. The number of piperidine rings is 1. The van der Waals surface area contributed by atoms with Crippen LogP contribution in [0.4, 0.5) is 0 Å². The van der Waals surface area contributed by atoms with Crippen molar-refractivity contribution in [1.29, 1.82) is 0 Å². The number of carbonyl (C=O) groups excluding carboxylic acids is 2. The van der Waals surface area contributed by atoms with E-state index in [1.807, 2.05) is 21.6 Å². The van der Waals surface area contributed by atoms with E-state index < -0.39 is 0 Å². The van der Waals surface area contributed by atoms with Gasteiger partial charge in [0.25, 0.3) is 5.91 Å². The van der Waals surface area contributed by atoms with Crippen LogP contribution >= 0.6 is 11.8 Å². The van der Waals surface area contributed by atoms with E-state index in [9.17, 15) is 9.59 Å². The van der Waals surface area contributed by atoms with E-state index >= 15 is 0 Å². The van der Waals surface area contributed by atoms with E-state index in [1.165, 1.54) is 0 Å². The van der Waals surface area contributed by atoms with Gasteiger partial charge in [0.1, 0.15) is 5.75 Å². The molecule has 5 nitrogen and oxygen atoms in total. The number of amides is 2. The number of methoxy groups -OCH3 is 1. The topological polar surface area (TPSA) is 49.9 Å². The summed E-state index contributed by atoms with van der Waals surface area (Å²) in [5.41, 5.74) is 0.675. The molecule has 0 spiro atoms. The van der Waals surface area contributed by atoms with Crippen molar-refractivity contribution < 1.29 is 14.3 Å². The molecule has 0 N–H and O–H groups in total. The van der Waals surface area contributed by atoms with Gasteiger partial charge < -0.3 is 14.5 Å². The Hall–Kier alpha value is -1.69. The Bertz CT molecular complexity index is 576. The Morgan fingerprint density at radius 1 is 1.00 bits per heavy atom. The summed E-state index contributed by atoms with van der Waals surface area (Å²) < 4.78 is 5.12. The second-order valence-corrected chi connectivity index (χ2v) is 7.46. The fourth-order valence-electron chi connectivity index (χ4n) is 3.29. The average molecular weight is 348 g/mol. The fraction of sp³-hybridized carbons (Fsp3) is 0.556. The quantitative estimate of drug-likeness (QED) is 0.840. The molecule has 0 radical (unpaired) electrons. The number of likely N-dealkylation sites (tertiary alicyclic amines) is 1. The van der Waals surface area contributed by atoms with Crippen LogP contribution in [-0.2, 0) is 4.79 Å². The van der Waals surface area contributed by atoms with Crippen molar-refractivity contribution in [3.05, 3.63) is 29.8 Å². The van der Waals surface area contributed by atoms with Gasteiger partial charge in [0.2, 0.25) is 5.91 Å². The molecule has 0 saturated carbocycles. The predicted molar refractivity (Wildman–Crippen MR) is 95.5 cm³/mol. The van der Waals surface area contributed by atoms with E-state index in [0.717, 1.165) is 43.2 Å². The van der Waals surface area contributed by atoms with Gasteiger partial charge in [-0.1, -0.05) is 0 Å². The summed E-state index contributed by atoms with van der Waals surface area (Å²) in [6.07, 6.45) is 1.54. The minimum atomic E-state index is 0.0397. The molecule has 1 aromatic rings. The predicted octanol–water partition coefficient (Wildman–Crippen LogP) is 2.12. The molecular formula is C18H24N2O3S. The monoisotopic (exact) mass is 348 g/mol. The van der Waals surface area contributed by atoms with Gasteiger partial charge in [0, 0.05) is 49.2 Å². The molecule has 2 amide bonds. The lowest BCUT2D eigenvalue weighted by Crippen LogP contribution is -2.46. The van der Waals surface area contributed by atoms with Crippen LogP contribution in [0.3, 0.4) is 0 Å². The van der Waals surface area contributed by atoms with Gasteiger partial charge in [0.05, 0.1) is 7.11 Å². The molecule has 6 heteroatoms. The van der Waals surface area contributed by atoms with Crippen molar-refractivity contribution >= 4 is 23.6 Å². The second-order valence-electron chi connectivity index (χ2n) is 6.23. The summed E-state index contributed by atoms with van der Waals surface area (Å²) >= 11 is 1.91. The first-order valence-electron chi connectivity index (χ1n) is 8.49. The number of nitrogens with zero attached hydrogens (tertiary/aromatic N) is 2. The zero-order chi connectivity index (χ0) is 16.9. The third-order valence-electron chi connectivity index (χ3n) is 4.79. The maximum absolute atomic E-state index is 12.6. The third kappa shape index (κ3) is 3.86. The summed E-state index contributed by atoms with van der Waals surface area (Å²) in [5.74, 6) is 3.23. The first-order chi connectivity index (χ1) is 11.7. The second kappa shape index (κ2) is 7.92. The molecule has 0 unspecified atom stereocenters. The fourth-order valence-corrected chi connectivity index (χ4v) is 4.19. The summed E-state index contributed by atoms with van der Waals surface area (Å²) in [5, 5.41) is 0. The van der Waals surface area contributed by atoms with Gasteiger partial charge in [-0.25, -0.2) is 0 Å². The minimum absolute atomic E-state index is 0.0397. The van der Waals surface area contributed by atoms with Crippen molar-refractivity contribution in [2.75, 3.05) is 44.8 Å². The molecule has 2 heterocycles. The molecule has 2 aliphatic rings. The Balaban J connectivity index is 1.54. The normalized spacial score (nSPS) is 19.2. The zero-order valence-corrected chi connectivity index (χ0v) is 14.9. The van der Waals surface area contributed by atoms with Gasteiger partial charge in [-0.15, -0.1) is 0 Å². The van der Waals surface area contributed by atoms with Crippen LogP contribution in [0, 0.1) is 5.92 Å². The Labute approximate surface area is 147 Å². The van der Waals surface area contributed by atoms with Gasteiger partial charge in [-0.3, -0.25) is 9.59 Å². The molecule has 2 saturated heterocycles. The molecule has 2 fully saturated rings. The zero-order valence-electron chi connectivity index (χ0n) is 14.1. The SMILES string of the molecule is COc1ccc(C(=O)N2CCC(C(=O)N3CCSCC3)CC2)cc1. The van der Waals surface area contributed by atoms with Crippen LogP contribution in [0.15, 0.2) is 24.3 Å². The standard InChI is InChI=1S/C18H24N2O3S/c1-23-16-4-2-14(3-5-16)17(21)19-8-6-15(7-9-19)18(22)20-10-12-24-13-11-20/h2-5,15H,6-13H2,1H3. The van der Waals surface area contributed by atoms with Crippen LogP contribution in [0.2, 0.25) is 0 Å². The summed E-state index contributed by atoms with van der Waals surface area (Å²) in [4.78, 5) is 29.0. The van der Waals surface area contributed by atoms with Crippen LogP contribution in [0.1, 0.15) is 23.2 Å². The summed E-state index contributed by atoms with van der Waals surface area (Å²) in [6.45, 7) is 3.05. The van der Waals surface area contributed by atoms with Crippen LogP contribution in [0.25, 0.3) is 0 Å². The molecular weight excluding hydrogens is 324 g/mol. The summed E-state index contributed by atoms with van der Waals surface area (Å²) in [6, 6.07) is 7.20. The lowest BCUT2D eigenvalue weighted by atomic mass is 9.94. The maximum atomic E-state index is 12.6. The van der Waals surface area contributed by atoms with Crippen molar-refractivity contribution in [1.82, 2.24) is 9.80 Å².